The van der Waals surface area contributed by atoms with Crippen LogP contribution in [0.4, 0.5) is 13.2 Å². The lowest BCUT2D eigenvalue weighted by molar-refractivity contribution is -0.137. The summed E-state index contributed by atoms with van der Waals surface area (Å²) < 4.78 is 66.3. The first kappa shape index (κ1) is 17.5. The zero-order valence-electron chi connectivity index (χ0n) is 13.7. The molecule has 2 unspecified atom stereocenters. The lowest BCUT2D eigenvalue weighted by atomic mass is 10.0. The Morgan fingerprint density at radius 2 is 1.62 bits per heavy atom. The summed E-state index contributed by atoms with van der Waals surface area (Å²) in [5.41, 5.74) is -0.957. The molecule has 2 fully saturated rings. The van der Waals surface area contributed by atoms with Crippen molar-refractivity contribution < 1.29 is 21.6 Å². The van der Waals surface area contributed by atoms with Gasteiger partial charge in [-0.1, -0.05) is 6.07 Å². The molecule has 26 heavy (non-hydrogen) atoms. The number of aromatic nitrogens is 3. The SMILES string of the molecule is O=S(=O)(c1cccc(C(F)(F)F)c1)N1C2CCC1CC(n1nccn1)C2. The Bertz CT molecular complexity index is 884. The quantitative estimate of drug-likeness (QED) is 0.814. The van der Waals surface area contributed by atoms with Gasteiger partial charge in [0, 0.05) is 12.1 Å². The number of alkyl halides is 3. The maximum Gasteiger partial charge on any atom is 0.416 e. The normalized spacial score (nSPS) is 27.0. The molecule has 0 spiro atoms. The van der Waals surface area contributed by atoms with Crippen molar-refractivity contribution in [2.45, 2.75) is 54.9 Å². The largest absolute Gasteiger partial charge is 0.416 e. The molecule has 0 aliphatic carbocycles. The van der Waals surface area contributed by atoms with E-state index in [-0.39, 0.29) is 23.0 Å². The summed E-state index contributed by atoms with van der Waals surface area (Å²) in [6.45, 7) is 0. The van der Waals surface area contributed by atoms with Crippen molar-refractivity contribution in [3.05, 3.63) is 42.2 Å². The van der Waals surface area contributed by atoms with Gasteiger partial charge in [-0.25, -0.2) is 8.42 Å². The molecule has 3 heterocycles. The molecule has 2 aromatic rings. The van der Waals surface area contributed by atoms with Gasteiger partial charge in [0.25, 0.3) is 0 Å². The van der Waals surface area contributed by atoms with Crippen LogP contribution >= 0.6 is 0 Å². The maximum absolute atomic E-state index is 13.0. The Hall–Kier alpha value is -1.94. The van der Waals surface area contributed by atoms with Gasteiger partial charge in [-0.3, -0.25) is 0 Å². The number of halogens is 3. The zero-order valence-corrected chi connectivity index (χ0v) is 14.5. The highest BCUT2D eigenvalue weighted by molar-refractivity contribution is 7.89. The molecule has 1 aromatic heterocycles. The van der Waals surface area contributed by atoms with Crippen LogP contribution in [0.15, 0.2) is 41.6 Å². The van der Waals surface area contributed by atoms with Crippen LogP contribution in [-0.2, 0) is 16.2 Å². The summed E-state index contributed by atoms with van der Waals surface area (Å²) in [4.78, 5) is 1.29. The Labute approximate surface area is 148 Å². The van der Waals surface area contributed by atoms with Gasteiger partial charge in [0.1, 0.15) is 0 Å². The first-order chi connectivity index (χ1) is 12.3. The van der Waals surface area contributed by atoms with Crippen molar-refractivity contribution in [1.82, 2.24) is 19.3 Å². The molecular formula is C16H17F3N4O2S. The van der Waals surface area contributed by atoms with Crippen LogP contribution in [0, 0.1) is 0 Å². The smallest absolute Gasteiger partial charge is 0.207 e. The van der Waals surface area contributed by atoms with Crippen LogP contribution < -0.4 is 0 Å². The molecule has 2 saturated heterocycles. The Morgan fingerprint density at radius 1 is 1.00 bits per heavy atom. The fourth-order valence-electron chi connectivity index (χ4n) is 4.06. The fourth-order valence-corrected chi connectivity index (χ4v) is 5.99. The monoisotopic (exact) mass is 386 g/mol. The van der Waals surface area contributed by atoms with Crippen molar-refractivity contribution in [2.75, 3.05) is 0 Å². The summed E-state index contributed by atoms with van der Waals surface area (Å²) in [6, 6.07) is 3.48. The molecule has 0 radical (unpaired) electrons. The fraction of sp³-hybridized carbons (Fsp3) is 0.500. The third kappa shape index (κ3) is 2.90. The van der Waals surface area contributed by atoms with E-state index in [1.54, 1.807) is 17.2 Å². The first-order valence-electron chi connectivity index (χ1n) is 8.33. The number of nitrogens with zero attached hydrogens (tertiary/aromatic N) is 4. The molecule has 2 bridgehead atoms. The average Bonchev–Trinajstić information content (AvgIpc) is 3.21. The number of hydrogen-bond acceptors (Lipinski definition) is 4. The molecule has 4 rings (SSSR count). The molecule has 2 atom stereocenters. The number of fused-ring (bicyclic) bond motifs is 2. The van der Waals surface area contributed by atoms with Crippen molar-refractivity contribution in [1.29, 1.82) is 0 Å². The highest BCUT2D eigenvalue weighted by Crippen LogP contribution is 2.43. The highest BCUT2D eigenvalue weighted by Gasteiger charge is 2.48. The predicted octanol–water partition coefficient (Wildman–Crippen LogP) is 2.85. The Morgan fingerprint density at radius 3 is 2.19 bits per heavy atom. The van der Waals surface area contributed by atoms with Gasteiger partial charge in [0.2, 0.25) is 10.0 Å². The van der Waals surface area contributed by atoms with E-state index in [0.717, 1.165) is 18.2 Å². The van der Waals surface area contributed by atoms with E-state index >= 15 is 0 Å². The van der Waals surface area contributed by atoms with Crippen LogP contribution in [0.2, 0.25) is 0 Å². The molecule has 10 heteroatoms. The van der Waals surface area contributed by atoms with Gasteiger partial charge in [-0.05, 0) is 43.9 Å². The zero-order chi connectivity index (χ0) is 18.5. The Balaban J connectivity index is 1.64. The molecule has 6 nitrogen and oxygen atoms in total. The Kier molecular flexibility index (Phi) is 4.07. The van der Waals surface area contributed by atoms with Crippen LogP contribution in [0.1, 0.15) is 37.3 Å². The molecule has 0 saturated carbocycles. The van der Waals surface area contributed by atoms with E-state index in [2.05, 4.69) is 10.2 Å². The number of benzene rings is 1. The topological polar surface area (TPSA) is 68.1 Å². The molecular weight excluding hydrogens is 369 g/mol. The summed E-state index contributed by atoms with van der Waals surface area (Å²) >= 11 is 0. The second-order valence-electron chi connectivity index (χ2n) is 6.72. The molecule has 140 valence electrons. The van der Waals surface area contributed by atoms with Gasteiger partial charge in [-0.15, -0.1) is 0 Å². The van der Waals surface area contributed by atoms with E-state index in [1.807, 2.05) is 0 Å². The highest BCUT2D eigenvalue weighted by atomic mass is 32.2. The predicted molar refractivity (Wildman–Crippen MR) is 85.6 cm³/mol. The standard InChI is InChI=1S/C16H17F3N4O2S/c17-16(18,19)11-2-1-3-15(8-11)26(24,25)22-12-4-5-13(22)10-14(9-12)23-20-6-7-21-23/h1-3,6-8,12-14H,4-5,9-10H2. The number of piperidine rings is 1. The lowest BCUT2D eigenvalue weighted by Crippen LogP contribution is -2.47. The molecule has 0 N–H and O–H groups in total. The lowest BCUT2D eigenvalue weighted by Gasteiger charge is -2.37. The van der Waals surface area contributed by atoms with E-state index < -0.39 is 21.8 Å². The number of rotatable bonds is 3. The van der Waals surface area contributed by atoms with Gasteiger partial charge in [0.05, 0.1) is 28.9 Å². The number of sulfonamides is 1. The van der Waals surface area contributed by atoms with Crippen LogP contribution in [0.25, 0.3) is 0 Å². The minimum atomic E-state index is -4.58. The van der Waals surface area contributed by atoms with Crippen LogP contribution in [0.5, 0.6) is 0 Å². The van der Waals surface area contributed by atoms with E-state index in [0.29, 0.717) is 25.7 Å². The third-order valence-electron chi connectivity index (χ3n) is 5.14. The van der Waals surface area contributed by atoms with Crippen molar-refractivity contribution in [2.24, 2.45) is 0 Å². The van der Waals surface area contributed by atoms with E-state index in [9.17, 15) is 21.6 Å². The summed E-state index contributed by atoms with van der Waals surface area (Å²) in [7, 11) is -3.99. The van der Waals surface area contributed by atoms with Crippen LogP contribution in [-0.4, -0.2) is 39.8 Å². The van der Waals surface area contributed by atoms with E-state index in [4.69, 9.17) is 0 Å². The summed E-state index contributed by atoms with van der Waals surface area (Å²) in [5, 5.41) is 8.27. The van der Waals surface area contributed by atoms with Crippen LogP contribution in [0.3, 0.4) is 0 Å². The average molecular weight is 386 g/mol. The van der Waals surface area contributed by atoms with Gasteiger partial charge in [0.15, 0.2) is 0 Å². The molecule has 0 amide bonds. The van der Waals surface area contributed by atoms with Crippen molar-refractivity contribution in [3.63, 3.8) is 0 Å². The summed E-state index contributed by atoms with van der Waals surface area (Å²) in [5.74, 6) is 0. The first-order valence-corrected chi connectivity index (χ1v) is 9.77. The third-order valence-corrected chi connectivity index (χ3v) is 7.14. The minimum absolute atomic E-state index is 0.00968. The maximum atomic E-state index is 13.0. The van der Waals surface area contributed by atoms with Gasteiger partial charge < -0.3 is 0 Å². The molecule has 2 aliphatic heterocycles. The van der Waals surface area contributed by atoms with Crippen molar-refractivity contribution >= 4 is 10.0 Å². The minimum Gasteiger partial charge on any atom is -0.207 e. The molecule has 1 aromatic carbocycles. The molecule has 2 aliphatic rings. The van der Waals surface area contributed by atoms with Crippen molar-refractivity contribution in [3.8, 4) is 0 Å². The number of hydrogen-bond donors (Lipinski definition) is 0. The second kappa shape index (κ2) is 6.05. The second-order valence-corrected chi connectivity index (χ2v) is 8.56. The van der Waals surface area contributed by atoms with E-state index in [1.165, 1.54) is 10.4 Å². The van der Waals surface area contributed by atoms with Gasteiger partial charge >= 0.3 is 6.18 Å². The summed E-state index contributed by atoms with van der Waals surface area (Å²) in [6.07, 6.45) is 1.08. The van der Waals surface area contributed by atoms with Gasteiger partial charge in [-0.2, -0.15) is 32.5 Å².